The van der Waals surface area contributed by atoms with E-state index in [2.05, 4.69) is 18.7 Å². The van der Waals surface area contributed by atoms with Gasteiger partial charge in [0.05, 0.1) is 5.69 Å². The van der Waals surface area contributed by atoms with Crippen molar-refractivity contribution in [3.63, 3.8) is 0 Å². The largest absolute Gasteiger partial charge is 0.399 e. The Labute approximate surface area is 118 Å². The van der Waals surface area contributed by atoms with Crippen molar-refractivity contribution in [3.05, 3.63) is 18.2 Å². The number of benzene rings is 1. The first-order valence-corrected chi connectivity index (χ1v) is 8.71. The van der Waals surface area contributed by atoms with Crippen molar-refractivity contribution in [2.45, 2.75) is 30.0 Å². The normalized spacial score (nSPS) is 24.5. The Morgan fingerprint density at radius 1 is 1.37 bits per heavy atom. The van der Waals surface area contributed by atoms with Crippen LogP contribution in [0.1, 0.15) is 13.8 Å². The smallest absolute Gasteiger partial charge is 0.240 e. The van der Waals surface area contributed by atoms with E-state index in [4.69, 9.17) is 10.9 Å². The topological polar surface area (TPSA) is 89.4 Å². The number of thioether (sulfide) groups is 1. The lowest BCUT2D eigenvalue weighted by Gasteiger charge is -2.39. The van der Waals surface area contributed by atoms with Crippen molar-refractivity contribution in [1.29, 1.82) is 0 Å². The minimum atomic E-state index is -3.77. The van der Waals surface area contributed by atoms with E-state index in [9.17, 15) is 8.42 Å². The van der Waals surface area contributed by atoms with Crippen molar-refractivity contribution < 1.29 is 8.42 Å². The predicted molar refractivity (Wildman–Crippen MR) is 81.0 cm³/mol. The summed E-state index contributed by atoms with van der Waals surface area (Å²) in [5, 5.41) is 5.74. The van der Waals surface area contributed by atoms with Gasteiger partial charge in [-0.3, -0.25) is 0 Å². The molecule has 2 atom stereocenters. The van der Waals surface area contributed by atoms with Gasteiger partial charge in [0.2, 0.25) is 10.0 Å². The first-order chi connectivity index (χ1) is 8.80. The molecule has 7 heteroatoms. The minimum absolute atomic E-state index is 0.110. The summed E-state index contributed by atoms with van der Waals surface area (Å²) in [6, 6.07) is 5.14. The zero-order valence-electron chi connectivity index (χ0n) is 11.0. The molecule has 0 spiro atoms. The number of rotatable bonds is 2. The van der Waals surface area contributed by atoms with Crippen LogP contribution in [0.2, 0.25) is 0 Å². The van der Waals surface area contributed by atoms with Crippen LogP contribution in [0.4, 0.5) is 11.4 Å². The summed E-state index contributed by atoms with van der Waals surface area (Å²) in [4.78, 5) is 2.21. The number of nitrogens with two attached hydrogens (primary N) is 2. The Bertz CT molecular complexity index is 574. The third-order valence-electron chi connectivity index (χ3n) is 3.48. The van der Waals surface area contributed by atoms with Crippen LogP contribution in [0.15, 0.2) is 23.1 Å². The molecule has 4 N–H and O–H groups in total. The van der Waals surface area contributed by atoms with E-state index in [1.807, 2.05) is 11.8 Å². The molecule has 0 radical (unpaired) electrons. The third kappa shape index (κ3) is 2.98. The Balaban J connectivity index is 2.50. The van der Waals surface area contributed by atoms with Crippen molar-refractivity contribution in [3.8, 4) is 0 Å². The lowest BCUT2D eigenvalue weighted by molar-refractivity contribution is 0.593. The maximum Gasteiger partial charge on any atom is 0.240 e. The second-order valence-corrected chi connectivity index (χ2v) is 7.80. The van der Waals surface area contributed by atoms with E-state index in [1.54, 1.807) is 12.1 Å². The van der Waals surface area contributed by atoms with E-state index in [-0.39, 0.29) is 10.9 Å². The van der Waals surface area contributed by atoms with Gasteiger partial charge in [0.25, 0.3) is 0 Å². The molecule has 2 rings (SSSR count). The minimum Gasteiger partial charge on any atom is -0.399 e. The zero-order valence-corrected chi connectivity index (χ0v) is 12.7. The Kier molecular flexibility index (Phi) is 3.98. The third-order valence-corrected chi connectivity index (χ3v) is 5.76. The highest BCUT2D eigenvalue weighted by atomic mass is 32.2. The summed E-state index contributed by atoms with van der Waals surface area (Å²) >= 11 is 1.89. The average Bonchev–Trinajstić information content (AvgIpc) is 2.32. The van der Waals surface area contributed by atoms with E-state index < -0.39 is 10.0 Å². The van der Waals surface area contributed by atoms with Crippen LogP contribution in [0.5, 0.6) is 0 Å². The van der Waals surface area contributed by atoms with E-state index in [1.165, 1.54) is 6.07 Å². The van der Waals surface area contributed by atoms with Crippen LogP contribution in [0.25, 0.3) is 0 Å². The number of hydrogen-bond donors (Lipinski definition) is 2. The van der Waals surface area contributed by atoms with Gasteiger partial charge in [0.1, 0.15) is 4.90 Å². The fraction of sp³-hybridized carbons (Fsp3) is 0.500. The highest BCUT2D eigenvalue weighted by Gasteiger charge is 2.28. The predicted octanol–water partition coefficient (Wildman–Crippen LogP) is 1.25. The zero-order chi connectivity index (χ0) is 14.2. The van der Waals surface area contributed by atoms with E-state index in [0.29, 0.717) is 16.6 Å². The standard InChI is InChI=1S/C12H19N3O2S2/c1-8-9(2)18-6-5-15(8)11-4-3-10(13)7-12(11)19(14,16)17/h3-4,7-9H,5-6,13H2,1-2H3,(H2,14,16,17). The van der Waals surface area contributed by atoms with Gasteiger partial charge in [-0.25, -0.2) is 13.6 Å². The molecule has 0 aromatic heterocycles. The molecular weight excluding hydrogens is 282 g/mol. The SMILES string of the molecule is CC1SCCN(c2ccc(N)cc2S(N)(=O)=O)C1C. The molecule has 0 saturated carbocycles. The molecule has 1 aromatic rings. The molecular formula is C12H19N3O2S2. The molecule has 1 aliphatic rings. The number of anilines is 2. The molecule has 1 aromatic carbocycles. The molecule has 0 aliphatic carbocycles. The summed E-state index contributed by atoms with van der Waals surface area (Å²) in [7, 11) is -3.77. The van der Waals surface area contributed by atoms with Crippen molar-refractivity contribution in [2.75, 3.05) is 22.9 Å². The molecule has 0 bridgehead atoms. The molecule has 1 aliphatic heterocycles. The van der Waals surface area contributed by atoms with Crippen LogP contribution >= 0.6 is 11.8 Å². The van der Waals surface area contributed by atoms with Gasteiger partial charge in [-0.05, 0) is 25.1 Å². The quantitative estimate of drug-likeness (QED) is 0.802. The second kappa shape index (κ2) is 5.22. The van der Waals surface area contributed by atoms with Crippen molar-refractivity contribution in [1.82, 2.24) is 0 Å². The van der Waals surface area contributed by atoms with Crippen LogP contribution in [0.3, 0.4) is 0 Å². The van der Waals surface area contributed by atoms with Gasteiger partial charge in [-0.15, -0.1) is 0 Å². The number of nitrogens with zero attached hydrogens (tertiary/aromatic N) is 1. The molecule has 0 amide bonds. The number of hydrogen-bond acceptors (Lipinski definition) is 5. The summed E-state index contributed by atoms with van der Waals surface area (Å²) in [5.74, 6) is 0.972. The van der Waals surface area contributed by atoms with Crippen LogP contribution in [0, 0.1) is 0 Å². The summed E-state index contributed by atoms with van der Waals surface area (Å²) in [6.07, 6.45) is 0. The molecule has 106 valence electrons. The number of sulfonamides is 1. The summed E-state index contributed by atoms with van der Waals surface area (Å²) in [5.41, 5.74) is 6.73. The van der Waals surface area contributed by atoms with Gasteiger partial charge in [-0.2, -0.15) is 11.8 Å². The molecule has 1 fully saturated rings. The number of primary sulfonamides is 1. The molecule has 19 heavy (non-hydrogen) atoms. The monoisotopic (exact) mass is 301 g/mol. The van der Waals surface area contributed by atoms with Gasteiger partial charge >= 0.3 is 0 Å². The van der Waals surface area contributed by atoms with Crippen LogP contribution in [-0.2, 0) is 10.0 Å². The van der Waals surface area contributed by atoms with Gasteiger partial charge in [0.15, 0.2) is 0 Å². The second-order valence-electron chi connectivity index (χ2n) is 4.78. The van der Waals surface area contributed by atoms with Crippen molar-refractivity contribution in [2.24, 2.45) is 5.14 Å². The van der Waals surface area contributed by atoms with Crippen LogP contribution < -0.4 is 15.8 Å². The highest BCUT2D eigenvalue weighted by Crippen LogP contribution is 2.33. The average molecular weight is 301 g/mol. The summed E-state index contributed by atoms with van der Waals surface area (Å²) < 4.78 is 23.5. The molecule has 2 unspecified atom stereocenters. The molecule has 1 heterocycles. The first-order valence-electron chi connectivity index (χ1n) is 6.11. The van der Waals surface area contributed by atoms with E-state index >= 15 is 0 Å². The number of nitrogen functional groups attached to an aromatic ring is 1. The van der Waals surface area contributed by atoms with Gasteiger partial charge in [-0.1, -0.05) is 6.92 Å². The first kappa shape index (κ1) is 14.5. The lowest BCUT2D eigenvalue weighted by atomic mass is 10.1. The maximum atomic E-state index is 11.7. The van der Waals surface area contributed by atoms with Gasteiger partial charge < -0.3 is 10.6 Å². The lowest BCUT2D eigenvalue weighted by Crippen LogP contribution is -2.45. The van der Waals surface area contributed by atoms with Crippen LogP contribution in [-0.4, -0.2) is 32.0 Å². The Morgan fingerprint density at radius 2 is 2.05 bits per heavy atom. The van der Waals surface area contributed by atoms with Crippen molar-refractivity contribution >= 4 is 33.2 Å². The van der Waals surface area contributed by atoms with Gasteiger partial charge in [0, 0.05) is 29.3 Å². The maximum absolute atomic E-state index is 11.7. The fourth-order valence-corrected chi connectivity index (χ4v) is 4.15. The van der Waals surface area contributed by atoms with E-state index in [0.717, 1.165) is 12.3 Å². The molecule has 5 nitrogen and oxygen atoms in total. The molecule has 1 saturated heterocycles. The fourth-order valence-electron chi connectivity index (χ4n) is 2.27. The summed E-state index contributed by atoms with van der Waals surface area (Å²) in [6.45, 7) is 5.05. The Hall–Kier alpha value is -0.920. The Morgan fingerprint density at radius 3 is 2.68 bits per heavy atom. The highest BCUT2D eigenvalue weighted by molar-refractivity contribution is 8.00.